The Morgan fingerprint density at radius 3 is 2.47 bits per heavy atom. The van der Waals surface area contributed by atoms with Crippen LogP contribution in [0.1, 0.15) is 71.4 Å². The van der Waals surface area contributed by atoms with Gasteiger partial charge in [-0.2, -0.15) is 4.31 Å². The summed E-state index contributed by atoms with van der Waals surface area (Å²) in [6, 6.07) is 2.34. The Bertz CT molecular complexity index is 1040. The molecule has 4 rings (SSSR count). The summed E-state index contributed by atoms with van der Waals surface area (Å²) in [5, 5.41) is 2.97. The van der Waals surface area contributed by atoms with E-state index >= 15 is 0 Å². The zero-order chi connectivity index (χ0) is 24.9. The summed E-state index contributed by atoms with van der Waals surface area (Å²) in [6.45, 7) is 8.62. The number of amides is 1. The summed E-state index contributed by atoms with van der Waals surface area (Å²) in [4.78, 5) is 19.8. The number of nitrogens with one attached hydrogen (secondary N) is 1. The van der Waals surface area contributed by atoms with Gasteiger partial charge in [-0.05, 0) is 78.4 Å². The van der Waals surface area contributed by atoms with Crippen LogP contribution in [0.3, 0.4) is 0 Å². The molecule has 0 bridgehead atoms. The quantitative estimate of drug-likeness (QED) is 0.617. The summed E-state index contributed by atoms with van der Waals surface area (Å²) >= 11 is 0. The van der Waals surface area contributed by atoms with Crippen LogP contribution in [-0.4, -0.2) is 60.8 Å². The van der Waals surface area contributed by atoms with Crippen LogP contribution in [0.4, 0.5) is 14.6 Å². The van der Waals surface area contributed by atoms with Gasteiger partial charge < -0.3 is 10.2 Å². The Kier molecular flexibility index (Phi) is 6.70. The predicted octanol–water partition coefficient (Wildman–Crippen LogP) is 3.86. The van der Waals surface area contributed by atoms with Gasteiger partial charge in [0.2, 0.25) is 15.9 Å². The van der Waals surface area contributed by atoms with Gasteiger partial charge in [-0.3, -0.25) is 4.79 Å². The maximum Gasteiger partial charge on any atom is 0.254 e. The number of aromatic nitrogens is 1. The van der Waals surface area contributed by atoms with Gasteiger partial charge in [0.15, 0.2) is 0 Å². The Hall–Kier alpha value is -1.81. The smallest absolute Gasteiger partial charge is 0.254 e. The fraction of sp³-hybridized carbons (Fsp3) is 0.750. The number of anilines is 1. The van der Waals surface area contributed by atoms with Gasteiger partial charge >= 0.3 is 0 Å². The van der Waals surface area contributed by atoms with E-state index in [4.69, 9.17) is 0 Å². The van der Waals surface area contributed by atoms with E-state index in [0.29, 0.717) is 50.9 Å². The lowest BCUT2D eigenvalue weighted by molar-refractivity contribution is -0.125. The molecule has 190 valence electrons. The third-order valence-corrected chi connectivity index (χ3v) is 9.74. The average Bonchev–Trinajstić information content (AvgIpc) is 3.10. The van der Waals surface area contributed by atoms with E-state index in [1.165, 1.54) is 4.31 Å². The Morgan fingerprint density at radius 1 is 1.26 bits per heavy atom. The Morgan fingerprint density at radius 2 is 1.91 bits per heavy atom. The van der Waals surface area contributed by atoms with Crippen LogP contribution in [0.2, 0.25) is 0 Å². The molecule has 0 aromatic carbocycles. The summed E-state index contributed by atoms with van der Waals surface area (Å²) in [7, 11) is -3.96. The molecule has 1 aromatic rings. The van der Waals surface area contributed by atoms with Crippen molar-refractivity contribution in [1.82, 2.24) is 14.6 Å². The van der Waals surface area contributed by atoms with Crippen LogP contribution in [0.25, 0.3) is 0 Å². The first kappa shape index (κ1) is 25.3. The minimum atomic E-state index is -3.96. The zero-order valence-electron chi connectivity index (χ0n) is 20.5. The van der Waals surface area contributed by atoms with Crippen LogP contribution in [0.15, 0.2) is 17.0 Å². The van der Waals surface area contributed by atoms with Crippen molar-refractivity contribution in [3.63, 3.8) is 0 Å². The lowest BCUT2D eigenvalue weighted by atomic mass is 9.83. The first-order valence-electron chi connectivity index (χ1n) is 12.4. The van der Waals surface area contributed by atoms with Crippen LogP contribution < -0.4 is 10.2 Å². The second-order valence-corrected chi connectivity index (χ2v) is 12.2. The minimum absolute atomic E-state index is 0.0482. The molecule has 1 saturated heterocycles. The molecule has 1 aliphatic heterocycles. The lowest BCUT2D eigenvalue weighted by Crippen LogP contribution is -2.50. The molecule has 2 heterocycles. The van der Waals surface area contributed by atoms with Crippen LogP contribution in [-0.2, 0) is 14.8 Å². The van der Waals surface area contributed by atoms with Crippen LogP contribution >= 0.6 is 0 Å². The van der Waals surface area contributed by atoms with Crippen molar-refractivity contribution >= 4 is 21.7 Å². The standard InChI is InChI=1S/C24H36F2N4O3S/c1-5-29(16(2)3)21-20(9-8-17(4)27-21)34(32,33)30-14-6-7-19(30)22(31)28-18-10-12-23(13-11-18)15-24(23,25)26/h8-9,16,18-19H,5-7,10-15H2,1-4H3,(H,28,31)/t18?,19-,23?/m0/s1. The number of hydrogen-bond donors (Lipinski definition) is 1. The highest BCUT2D eigenvalue weighted by Gasteiger charge is 2.70. The third-order valence-electron chi connectivity index (χ3n) is 7.81. The topological polar surface area (TPSA) is 82.6 Å². The van der Waals surface area contributed by atoms with Gasteiger partial charge in [-0.15, -0.1) is 0 Å². The molecule has 1 atom stereocenters. The van der Waals surface area contributed by atoms with Gasteiger partial charge in [0.1, 0.15) is 16.8 Å². The minimum Gasteiger partial charge on any atom is -0.353 e. The lowest BCUT2D eigenvalue weighted by Gasteiger charge is -2.32. The third kappa shape index (κ3) is 4.43. The van der Waals surface area contributed by atoms with Gasteiger partial charge in [0.25, 0.3) is 5.92 Å². The number of alkyl halides is 2. The fourth-order valence-electron chi connectivity index (χ4n) is 5.65. The summed E-state index contributed by atoms with van der Waals surface area (Å²) in [6.07, 6.45) is 2.80. The molecule has 1 amide bonds. The van der Waals surface area contributed by atoms with Gasteiger partial charge in [0, 0.05) is 42.7 Å². The van der Waals surface area contributed by atoms with Crippen LogP contribution in [0, 0.1) is 12.3 Å². The first-order valence-corrected chi connectivity index (χ1v) is 13.8. The van der Waals surface area contributed by atoms with Crippen molar-refractivity contribution in [2.24, 2.45) is 5.41 Å². The van der Waals surface area contributed by atoms with E-state index in [2.05, 4.69) is 10.3 Å². The number of halogens is 2. The first-order chi connectivity index (χ1) is 15.9. The van der Waals surface area contributed by atoms with Gasteiger partial charge in [-0.1, -0.05) is 0 Å². The number of sulfonamides is 1. The number of rotatable bonds is 7. The molecule has 2 saturated carbocycles. The highest BCUT2D eigenvalue weighted by Crippen LogP contribution is 2.67. The number of hydrogen-bond acceptors (Lipinski definition) is 5. The number of aryl methyl sites for hydroxylation is 1. The molecule has 1 spiro atoms. The number of carbonyl (C=O) groups is 1. The van der Waals surface area contributed by atoms with E-state index in [9.17, 15) is 22.0 Å². The molecule has 1 N–H and O–H groups in total. The zero-order valence-corrected chi connectivity index (χ0v) is 21.3. The Labute approximate surface area is 201 Å². The van der Waals surface area contributed by atoms with E-state index < -0.39 is 27.4 Å². The monoisotopic (exact) mass is 498 g/mol. The molecule has 2 aliphatic carbocycles. The summed E-state index contributed by atoms with van der Waals surface area (Å²) < 4.78 is 56.2. The van der Waals surface area contributed by atoms with Crippen LogP contribution in [0.5, 0.6) is 0 Å². The molecule has 0 unspecified atom stereocenters. The van der Waals surface area contributed by atoms with Crippen molar-refractivity contribution in [3.8, 4) is 0 Å². The fourth-order valence-corrected chi connectivity index (χ4v) is 7.44. The molecule has 7 nitrogen and oxygen atoms in total. The maximum atomic E-state index is 13.8. The SMILES string of the molecule is CCN(c1nc(C)ccc1S(=O)(=O)N1CCC[C@H]1C(=O)NC1CCC2(CC1)CC2(F)F)C(C)C. The number of nitrogens with zero attached hydrogens (tertiary/aromatic N) is 3. The summed E-state index contributed by atoms with van der Waals surface area (Å²) in [5.41, 5.74) is -0.145. The highest BCUT2D eigenvalue weighted by molar-refractivity contribution is 7.89. The normalized spacial score (nSPS) is 28.9. The second-order valence-electron chi connectivity index (χ2n) is 10.4. The van der Waals surface area contributed by atoms with Crippen molar-refractivity contribution < 1.29 is 22.0 Å². The van der Waals surface area contributed by atoms with Crippen molar-refractivity contribution in [3.05, 3.63) is 17.8 Å². The molecule has 10 heteroatoms. The molecule has 1 aromatic heterocycles. The molecule has 3 fully saturated rings. The molecular formula is C24H36F2N4O3S. The van der Waals surface area contributed by atoms with Gasteiger partial charge in [0.05, 0.1) is 0 Å². The number of pyridine rings is 1. The largest absolute Gasteiger partial charge is 0.353 e. The van der Waals surface area contributed by atoms with E-state index in [-0.39, 0.29) is 35.9 Å². The van der Waals surface area contributed by atoms with Gasteiger partial charge in [-0.25, -0.2) is 22.2 Å². The maximum absolute atomic E-state index is 13.8. The van der Waals surface area contributed by atoms with Crippen molar-refractivity contribution in [2.75, 3.05) is 18.0 Å². The Balaban J connectivity index is 1.51. The van der Waals surface area contributed by atoms with Crippen molar-refractivity contribution in [1.29, 1.82) is 0 Å². The summed E-state index contributed by atoms with van der Waals surface area (Å²) in [5.74, 6) is -2.49. The second kappa shape index (κ2) is 9.00. The predicted molar refractivity (Wildman–Crippen MR) is 126 cm³/mol. The molecule has 34 heavy (non-hydrogen) atoms. The van der Waals surface area contributed by atoms with E-state index in [1.54, 1.807) is 12.1 Å². The van der Waals surface area contributed by atoms with E-state index in [1.807, 2.05) is 32.6 Å². The molecule has 3 aliphatic rings. The van der Waals surface area contributed by atoms with E-state index in [0.717, 1.165) is 5.69 Å². The average molecular weight is 499 g/mol. The van der Waals surface area contributed by atoms with Crippen molar-refractivity contribution in [2.45, 2.75) is 102 Å². The highest BCUT2D eigenvalue weighted by atomic mass is 32.2. The number of carbonyl (C=O) groups excluding carboxylic acids is 1. The molecule has 0 radical (unpaired) electrons. The molecular weight excluding hydrogens is 462 g/mol.